The summed E-state index contributed by atoms with van der Waals surface area (Å²) >= 11 is 0. The monoisotopic (exact) mass is 257 g/mol. The van der Waals surface area contributed by atoms with Crippen LogP contribution in [0, 0.1) is 18.3 Å². The van der Waals surface area contributed by atoms with Gasteiger partial charge < -0.3 is 9.64 Å². The first-order valence-corrected chi connectivity index (χ1v) is 7.05. The van der Waals surface area contributed by atoms with Gasteiger partial charge in [-0.2, -0.15) is 5.26 Å². The molecular weight excluding hydrogens is 238 g/mol. The molecule has 0 N–H and O–H groups in total. The van der Waals surface area contributed by atoms with Gasteiger partial charge in [0.1, 0.15) is 11.9 Å². The number of ether oxygens (including phenoxy) is 1. The normalized spacial score (nSPS) is 26.6. The molecule has 100 valence electrons. The number of hydrogen-bond donors (Lipinski definition) is 0. The van der Waals surface area contributed by atoms with E-state index in [0.29, 0.717) is 17.7 Å². The first-order valence-electron chi connectivity index (χ1n) is 7.05. The van der Waals surface area contributed by atoms with Gasteiger partial charge >= 0.3 is 0 Å². The Kier molecular flexibility index (Phi) is 3.39. The molecule has 2 fully saturated rings. The molecule has 3 rings (SSSR count). The zero-order chi connectivity index (χ0) is 13.2. The van der Waals surface area contributed by atoms with Crippen LogP contribution in [0.3, 0.4) is 0 Å². The molecule has 2 heterocycles. The molecule has 1 saturated heterocycles. The third-order valence-electron chi connectivity index (χ3n) is 4.14. The predicted molar refractivity (Wildman–Crippen MR) is 73.0 cm³/mol. The molecule has 2 atom stereocenters. The van der Waals surface area contributed by atoms with E-state index in [9.17, 15) is 5.26 Å². The zero-order valence-corrected chi connectivity index (χ0v) is 11.3. The number of aryl methyl sites for hydroxylation is 1. The molecule has 19 heavy (non-hydrogen) atoms. The Morgan fingerprint density at radius 3 is 3.05 bits per heavy atom. The molecule has 1 aliphatic heterocycles. The van der Waals surface area contributed by atoms with Crippen LogP contribution >= 0.6 is 0 Å². The number of anilines is 1. The van der Waals surface area contributed by atoms with E-state index in [1.54, 1.807) is 0 Å². The van der Waals surface area contributed by atoms with Gasteiger partial charge in [0, 0.05) is 12.2 Å². The fourth-order valence-corrected chi connectivity index (χ4v) is 3.21. The standard InChI is InChI=1S/C15H19N3O/c1-11-6-7-12(10-16)15(17-11)18-8-9-19-14-5-3-2-4-13(14)18/h6-7,13-14H,2-5,8-9H2,1H3. The van der Waals surface area contributed by atoms with Crippen molar-refractivity contribution in [3.05, 3.63) is 23.4 Å². The summed E-state index contributed by atoms with van der Waals surface area (Å²) in [6.07, 6.45) is 5.09. The minimum Gasteiger partial charge on any atom is -0.374 e. The molecule has 1 aromatic rings. The summed E-state index contributed by atoms with van der Waals surface area (Å²) in [4.78, 5) is 6.91. The second kappa shape index (κ2) is 5.18. The summed E-state index contributed by atoms with van der Waals surface area (Å²) in [6.45, 7) is 3.55. The van der Waals surface area contributed by atoms with Gasteiger partial charge in [0.25, 0.3) is 0 Å². The lowest BCUT2D eigenvalue weighted by Crippen LogP contribution is -2.53. The van der Waals surface area contributed by atoms with Gasteiger partial charge in [0.2, 0.25) is 0 Å². The SMILES string of the molecule is Cc1ccc(C#N)c(N2CCOC3CCCCC32)n1. The Morgan fingerprint density at radius 2 is 2.21 bits per heavy atom. The Morgan fingerprint density at radius 1 is 1.37 bits per heavy atom. The van der Waals surface area contributed by atoms with Crippen LogP contribution in [0.25, 0.3) is 0 Å². The zero-order valence-electron chi connectivity index (χ0n) is 11.3. The summed E-state index contributed by atoms with van der Waals surface area (Å²) in [5.74, 6) is 0.850. The number of hydrogen-bond acceptors (Lipinski definition) is 4. The molecule has 2 aliphatic rings. The van der Waals surface area contributed by atoms with Crippen LogP contribution in [-0.4, -0.2) is 30.3 Å². The van der Waals surface area contributed by atoms with Crippen molar-refractivity contribution in [2.45, 2.75) is 44.8 Å². The molecule has 0 amide bonds. The predicted octanol–water partition coefficient (Wildman–Crippen LogP) is 2.41. The fourth-order valence-electron chi connectivity index (χ4n) is 3.21. The third kappa shape index (κ3) is 2.31. The number of nitrogens with zero attached hydrogens (tertiary/aromatic N) is 3. The quantitative estimate of drug-likeness (QED) is 0.775. The van der Waals surface area contributed by atoms with Crippen LogP contribution in [0.15, 0.2) is 12.1 Å². The van der Waals surface area contributed by atoms with E-state index in [-0.39, 0.29) is 0 Å². The maximum Gasteiger partial charge on any atom is 0.147 e. The van der Waals surface area contributed by atoms with Crippen LogP contribution in [0.5, 0.6) is 0 Å². The molecule has 0 radical (unpaired) electrons. The molecule has 0 bridgehead atoms. The number of pyridine rings is 1. The average molecular weight is 257 g/mol. The van der Waals surface area contributed by atoms with Gasteiger partial charge in [-0.3, -0.25) is 0 Å². The maximum absolute atomic E-state index is 9.29. The molecule has 0 aromatic carbocycles. The smallest absolute Gasteiger partial charge is 0.147 e. The van der Waals surface area contributed by atoms with E-state index in [1.807, 2.05) is 19.1 Å². The van der Waals surface area contributed by atoms with E-state index < -0.39 is 0 Å². The summed E-state index contributed by atoms with van der Waals surface area (Å²) in [5, 5.41) is 9.29. The highest BCUT2D eigenvalue weighted by atomic mass is 16.5. The molecule has 1 aliphatic carbocycles. The number of nitriles is 1. The van der Waals surface area contributed by atoms with E-state index in [4.69, 9.17) is 4.74 Å². The summed E-state index contributed by atoms with van der Waals surface area (Å²) in [5.41, 5.74) is 1.64. The molecule has 2 unspecified atom stereocenters. The largest absolute Gasteiger partial charge is 0.374 e. The van der Waals surface area contributed by atoms with Crippen molar-refractivity contribution in [1.82, 2.24) is 4.98 Å². The minimum atomic E-state index is 0.316. The van der Waals surface area contributed by atoms with Gasteiger partial charge in [-0.15, -0.1) is 0 Å². The Bertz CT molecular complexity index is 507. The Hall–Kier alpha value is -1.60. The minimum absolute atomic E-state index is 0.316. The van der Waals surface area contributed by atoms with Crippen molar-refractivity contribution in [2.24, 2.45) is 0 Å². The van der Waals surface area contributed by atoms with Gasteiger partial charge in [-0.1, -0.05) is 12.8 Å². The van der Waals surface area contributed by atoms with Gasteiger partial charge in [0.05, 0.1) is 24.3 Å². The topological polar surface area (TPSA) is 49.2 Å². The second-order valence-electron chi connectivity index (χ2n) is 5.39. The van der Waals surface area contributed by atoms with E-state index in [2.05, 4.69) is 16.0 Å². The summed E-state index contributed by atoms with van der Waals surface area (Å²) in [6, 6.07) is 6.45. The van der Waals surface area contributed by atoms with Crippen molar-refractivity contribution in [1.29, 1.82) is 5.26 Å². The van der Waals surface area contributed by atoms with Crippen molar-refractivity contribution in [3.63, 3.8) is 0 Å². The van der Waals surface area contributed by atoms with E-state index in [1.165, 1.54) is 12.8 Å². The number of rotatable bonds is 1. The lowest BCUT2D eigenvalue weighted by Gasteiger charge is -2.44. The lowest BCUT2D eigenvalue weighted by molar-refractivity contribution is -0.00901. The summed E-state index contributed by atoms with van der Waals surface area (Å²) < 4.78 is 5.88. The van der Waals surface area contributed by atoms with E-state index in [0.717, 1.165) is 37.5 Å². The fraction of sp³-hybridized carbons (Fsp3) is 0.600. The van der Waals surface area contributed by atoms with Gasteiger partial charge in [-0.25, -0.2) is 4.98 Å². The van der Waals surface area contributed by atoms with Gasteiger partial charge in [0.15, 0.2) is 0 Å². The van der Waals surface area contributed by atoms with Crippen LogP contribution < -0.4 is 4.90 Å². The van der Waals surface area contributed by atoms with E-state index >= 15 is 0 Å². The molecular formula is C15H19N3O. The third-order valence-corrected chi connectivity index (χ3v) is 4.14. The molecule has 1 aromatic heterocycles. The second-order valence-corrected chi connectivity index (χ2v) is 5.39. The van der Waals surface area contributed by atoms with Crippen LogP contribution in [0.4, 0.5) is 5.82 Å². The van der Waals surface area contributed by atoms with Crippen LogP contribution in [-0.2, 0) is 4.74 Å². The first-order chi connectivity index (χ1) is 9.29. The molecule has 0 spiro atoms. The highest BCUT2D eigenvalue weighted by Crippen LogP contribution is 2.32. The van der Waals surface area contributed by atoms with Crippen molar-refractivity contribution in [3.8, 4) is 6.07 Å². The van der Waals surface area contributed by atoms with Crippen molar-refractivity contribution in [2.75, 3.05) is 18.1 Å². The van der Waals surface area contributed by atoms with Gasteiger partial charge in [-0.05, 0) is 31.9 Å². The van der Waals surface area contributed by atoms with Crippen molar-refractivity contribution < 1.29 is 4.74 Å². The average Bonchev–Trinajstić information content (AvgIpc) is 2.46. The molecule has 4 heteroatoms. The highest BCUT2D eigenvalue weighted by Gasteiger charge is 2.35. The maximum atomic E-state index is 9.29. The highest BCUT2D eigenvalue weighted by molar-refractivity contribution is 5.55. The van der Waals surface area contributed by atoms with Crippen molar-refractivity contribution >= 4 is 5.82 Å². The van der Waals surface area contributed by atoms with Crippen LogP contribution in [0.1, 0.15) is 36.9 Å². The summed E-state index contributed by atoms with van der Waals surface area (Å²) in [7, 11) is 0. The first kappa shape index (κ1) is 12.4. The van der Waals surface area contributed by atoms with Crippen LogP contribution in [0.2, 0.25) is 0 Å². The Labute approximate surface area is 114 Å². The number of fused-ring (bicyclic) bond motifs is 1. The Balaban J connectivity index is 1.96. The number of morpholine rings is 1. The molecule has 1 saturated carbocycles. The lowest BCUT2D eigenvalue weighted by atomic mass is 9.90. The molecule has 4 nitrogen and oxygen atoms in total. The number of aromatic nitrogens is 1.